The number of pyridine rings is 1. The molecule has 0 amide bonds. The normalized spacial score (nSPS) is 24.0. The van der Waals surface area contributed by atoms with Crippen molar-refractivity contribution in [3.05, 3.63) is 107 Å². The maximum Gasteiger partial charge on any atom is 0.161 e. The average molecular weight is 572 g/mol. The second kappa shape index (κ2) is 11.4. The Kier molecular flexibility index (Phi) is 7.54. The Balaban J connectivity index is 1.06. The highest BCUT2D eigenvalue weighted by atomic mass is 32.2. The molecule has 0 bridgehead atoms. The van der Waals surface area contributed by atoms with Crippen molar-refractivity contribution < 1.29 is 13.9 Å². The molecule has 1 aliphatic heterocycles. The van der Waals surface area contributed by atoms with Crippen LogP contribution in [0.4, 0.5) is 8.78 Å². The molecule has 3 aliphatic rings. The first kappa shape index (κ1) is 27.0. The van der Waals surface area contributed by atoms with Gasteiger partial charge >= 0.3 is 0 Å². The number of hydrogen-bond acceptors (Lipinski definition) is 5. The molecule has 1 saturated carbocycles. The van der Waals surface area contributed by atoms with Crippen molar-refractivity contribution in [1.29, 1.82) is 0 Å². The molecule has 1 aromatic heterocycles. The Morgan fingerprint density at radius 3 is 2.34 bits per heavy atom. The van der Waals surface area contributed by atoms with Crippen LogP contribution < -0.4 is 0 Å². The van der Waals surface area contributed by atoms with Crippen LogP contribution in [0.1, 0.15) is 65.0 Å². The number of hydrogen-bond donors (Lipinski definition) is 1. The molecule has 7 rings (SSSR count). The van der Waals surface area contributed by atoms with E-state index in [1.807, 2.05) is 54.6 Å². The van der Waals surface area contributed by atoms with E-state index in [9.17, 15) is 5.11 Å². The number of halogens is 2. The van der Waals surface area contributed by atoms with E-state index in [1.165, 1.54) is 0 Å². The fourth-order valence-corrected chi connectivity index (χ4v) is 7.71. The second-order valence-corrected chi connectivity index (χ2v) is 12.6. The zero-order valence-electron chi connectivity index (χ0n) is 23.0. The van der Waals surface area contributed by atoms with Gasteiger partial charge in [-0.05, 0) is 64.8 Å². The van der Waals surface area contributed by atoms with Crippen LogP contribution in [0.15, 0.2) is 83.9 Å². The van der Waals surface area contributed by atoms with Crippen molar-refractivity contribution in [3.63, 3.8) is 0 Å². The van der Waals surface area contributed by atoms with E-state index in [0.717, 1.165) is 71.5 Å². The lowest BCUT2D eigenvalue weighted by Crippen LogP contribution is -2.50. The van der Waals surface area contributed by atoms with Gasteiger partial charge in [-0.15, -0.1) is 11.8 Å². The molecule has 1 saturated heterocycles. The maximum absolute atomic E-state index is 15.9. The van der Waals surface area contributed by atoms with Crippen LogP contribution in [0.3, 0.4) is 0 Å². The van der Waals surface area contributed by atoms with E-state index in [-0.39, 0.29) is 6.04 Å². The van der Waals surface area contributed by atoms with Gasteiger partial charge in [0, 0.05) is 55.0 Å². The van der Waals surface area contributed by atoms with Crippen molar-refractivity contribution in [3.8, 4) is 0 Å². The average Bonchev–Trinajstić information content (AvgIpc) is 3.86. The van der Waals surface area contributed by atoms with Crippen molar-refractivity contribution in [2.24, 2.45) is 0 Å². The lowest BCUT2D eigenvalue weighted by Gasteiger charge is -2.41. The molecule has 0 spiro atoms. The first-order chi connectivity index (χ1) is 20.1. The van der Waals surface area contributed by atoms with E-state index < -0.39 is 18.4 Å². The van der Waals surface area contributed by atoms with Crippen LogP contribution in [0.25, 0.3) is 10.9 Å². The summed E-state index contributed by atoms with van der Waals surface area (Å²) in [6.07, 6.45) is 0.122. The van der Waals surface area contributed by atoms with Crippen molar-refractivity contribution >= 4 is 22.7 Å². The predicted molar refractivity (Wildman–Crippen MR) is 161 cm³/mol. The highest BCUT2D eigenvalue weighted by Crippen LogP contribution is 2.53. The third-order valence-corrected chi connectivity index (χ3v) is 10.1. The molecule has 3 unspecified atom stereocenters. The molecule has 41 heavy (non-hydrogen) atoms. The van der Waals surface area contributed by atoms with Gasteiger partial charge in [0.1, 0.15) is 0 Å². The SMILES string of the molecule is OC(CSc1cccc2ncccc12)CN1CCN(C2c3ccccc3C(F)[C@H](F)c3c(C4CC4)cccc32)CC1. The largest absolute Gasteiger partial charge is 0.391 e. The number of fused-ring (bicyclic) bond motifs is 3. The molecule has 0 radical (unpaired) electrons. The van der Waals surface area contributed by atoms with E-state index in [0.29, 0.717) is 29.3 Å². The number of aliphatic hydroxyl groups excluding tert-OH is 1. The summed E-state index contributed by atoms with van der Waals surface area (Å²) in [5.41, 5.74) is 4.82. The molecule has 212 valence electrons. The Morgan fingerprint density at radius 1 is 0.805 bits per heavy atom. The summed E-state index contributed by atoms with van der Waals surface area (Å²) in [4.78, 5) is 10.3. The first-order valence-corrected chi connectivity index (χ1v) is 15.7. The van der Waals surface area contributed by atoms with Crippen molar-refractivity contribution in [1.82, 2.24) is 14.8 Å². The van der Waals surface area contributed by atoms with Gasteiger partial charge in [-0.1, -0.05) is 54.6 Å². The molecule has 2 fully saturated rings. The van der Waals surface area contributed by atoms with Crippen molar-refractivity contribution in [2.75, 3.05) is 38.5 Å². The number of thioether (sulfide) groups is 1. The smallest absolute Gasteiger partial charge is 0.161 e. The summed E-state index contributed by atoms with van der Waals surface area (Å²) in [6.45, 7) is 3.75. The zero-order valence-corrected chi connectivity index (χ0v) is 23.8. The molecule has 2 aliphatic carbocycles. The highest BCUT2D eigenvalue weighted by molar-refractivity contribution is 7.99. The van der Waals surface area contributed by atoms with Gasteiger partial charge < -0.3 is 5.11 Å². The van der Waals surface area contributed by atoms with Crippen molar-refractivity contribution in [2.45, 2.75) is 48.1 Å². The summed E-state index contributed by atoms with van der Waals surface area (Å²) in [5.74, 6) is 0.954. The van der Waals surface area contributed by atoms with Gasteiger partial charge in [-0.3, -0.25) is 14.8 Å². The van der Waals surface area contributed by atoms with Gasteiger partial charge in [0.05, 0.1) is 17.7 Å². The van der Waals surface area contributed by atoms with Crippen LogP contribution in [0.2, 0.25) is 0 Å². The number of benzene rings is 3. The van der Waals surface area contributed by atoms with Crippen LogP contribution >= 0.6 is 11.8 Å². The number of aromatic nitrogens is 1. The lowest BCUT2D eigenvalue weighted by molar-refractivity contribution is 0.0706. The minimum atomic E-state index is -1.67. The van der Waals surface area contributed by atoms with Gasteiger partial charge in [0.2, 0.25) is 0 Å². The molecular weight excluding hydrogens is 536 g/mol. The monoisotopic (exact) mass is 571 g/mol. The summed E-state index contributed by atoms with van der Waals surface area (Å²) in [7, 11) is 0. The Bertz CT molecular complexity index is 1530. The van der Waals surface area contributed by atoms with E-state index in [2.05, 4.69) is 26.9 Å². The molecule has 7 heteroatoms. The van der Waals surface area contributed by atoms with Gasteiger partial charge in [0.25, 0.3) is 0 Å². The predicted octanol–water partition coefficient (Wildman–Crippen LogP) is 7.01. The number of piperazine rings is 1. The third-order valence-electron chi connectivity index (χ3n) is 8.88. The van der Waals surface area contributed by atoms with Crippen LogP contribution in [0.5, 0.6) is 0 Å². The topological polar surface area (TPSA) is 39.6 Å². The fourth-order valence-electron chi connectivity index (χ4n) is 6.73. The van der Waals surface area contributed by atoms with E-state index in [4.69, 9.17) is 0 Å². The number of nitrogens with zero attached hydrogens (tertiary/aromatic N) is 3. The summed E-state index contributed by atoms with van der Waals surface area (Å²) in [6, 6.07) is 23.5. The fraction of sp³-hybridized carbons (Fsp3) is 0.382. The van der Waals surface area contributed by atoms with Crippen LogP contribution in [-0.2, 0) is 0 Å². The summed E-state index contributed by atoms with van der Waals surface area (Å²) >= 11 is 1.67. The number of alkyl halides is 2. The molecular formula is C34H35F2N3OS. The van der Waals surface area contributed by atoms with E-state index in [1.54, 1.807) is 24.0 Å². The van der Waals surface area contributed by atoms with E-state index >= 15 is 8.78 Å². The molecule has 4 aromatic rings. The van der Waals surface area contributed by atoms with Crippen LogP contribution in [0, 0.1) is 0 Å². The number of β-amino-alcohol motifs (C(OH)–C–C–N with tert-alkyl or cyclic N) is 1. The Morgan fingerprint density at radius 2 is 1.54 bits per heavy atom. The number of aliphatic hydroxyl groups is 1. The summed E-state index contributed by atoms with van der Waals surface area (Å²) in [5, 5.41) is 12.0. The van der Waals surface area contributed by atoms with Gasteiger partial charge in [-0.2, -0.15) is 0 Å². The number of rotatable bonds is 7. The lowest BCUT2D eigenvalue weighted by atomic mass is 9.89. The Hall–Kier alpha value is -2.84. The Labute approximate surface area is 244 Å². The maximum atomic E-state index is 15.9. The van der Waals surface area contributed by atoms with Gasteiger partial charge in [-0.25, -0.2) is 8.78 Å². The molecule has 1 N–H and O–H groups in total. The van der Waals surface area contributed by atoms with Crippen LogP contribution in [-0.4, -0.2) is 64.5 Å². The standard InChI is InChI=1S/C34H35F2N3OS/c35-32-25-6-1-2-7-26(25)34(28-9-3-8-24(22-13-14-22)31(28)33(32)36)39-18-16-38(17-19-39)20-23(40)21-41-30-12-4-11-29-27(30)10-5-15-37-29/h1-12,15,22-23,32-34,40H,13-14,16-21H2/t23?,32?,33-,34?/m1/s1. The van der Waals surface area contributed by atoms with Gasteiger partial charge in [0.15, 0.2) is 12.3 Å². The first-order valence-electron chi connectivity index (χ1n) is 14.7. The summed E-state index contributed by atoms with van der Waals surface area (Å²) < 4.78 is 31.7. The quantitative estimate of drug-likeness (QED) is 0.242. The molecule has 4 nitrogen and oxygen atoms in total. The zero-order chi connectivity index (χ0) is 27.9. The third kappa shape index (κ3) is 5.29. The highest BCUT2D eigenvalue weighted by Gasteiger charge is 2.42. The minimum absolute atomic E-state index is 0.179. The minimum Gasteiger partial charge on any atom is -0.391 e. The second-order valence-electron chi connectivity index (χ2n) is 11.6. The molecule has 4 atom stereocenters. The molecule has 2 heterocycles. The molecule has 3 aromatic carbocycles.